The first-order valence-electron chi connectivity index (χ1n) is 9.51. The van der Waals surface area contributed by atoms with Gasteiger partial charge in [-0.25, -0.2) is 8.42 Å². The fraction of sp³-hybridized carbons (Fsp3) is 0.350. The topological polar surface area (TPSA) is 118 Å². The van der Waals surface area contributed by atoms with E-state index in [9.17, 15) is 23.3 Å². The zero-order valence-electron chi connectivity index (χ0n) is 15.7. The largest absolute Gasteiger partial charge is 0.384 e. The minimum atomic E-state index is -4.08. The molecule has 0 saturated heterocycles. The van der Waals surface area contributed by atoms with Gasteiger partial charge in [-0.2, -0.15) is 4.72 Å². The minimum absolute atomic E-state index is 0.110. The Hall–Kier alpha value is -2.78. The van der Waals surface area contributed by atoms with Crippen LogP contribution < -0.4 is 10.0 Å². The van der Waals surface area contributed by atoms with Gasteiger partial charge in [-0.3, -0.25) is 14.9 Å². The number of nitro groups is 1. The predicted octanol–water partition coefficient (Wildman–Crippen LogP) is 2.88. The number of hydrogen-bond donors (Lipinski definition) is 2. The average molecular weight is 415 g/mol. The van der Waals surface area contributed by atoms with Crippen LogP contribution >= 0.6 is 0 Å². The summed E-state index contributed by atoms with van der Waals surface area (Å²) in [6, 6.07) is 10.3. The highest BCUT2D eigenvalue weighted by atomic mass is 32.2. The van der Waals surface area contributed by atoms with Gasteiger partial charge in [-0.05, 0) is 37.0 Å². The Morgan fingerprint density at radius 3 is 2.52 bits per heavy atom. The lowest BCUT2D eigenvalue weighted by atomic mass is 9.75. The molecule has 1 fully saturated rings. The number of sulfonamides is 1. The molecule has 8 nitrogen and oxygen atoms in total. The molecule has 29 heavy (non-hydrogen) atoms. The lowest BCUT2D eigenvalue weighted by Gasteiger charge is -2.37. The Kier molecular flexibility index (Phi) is 4.87. The van der Waals surface area contributed by atoms with Crippen molar-refractivity contribution in [3.05, 3.63) is 63.7 Å². The maximum absolute atomic E-state index is 13.2. The Bertz CT molecular complexity index is 1080. The molecular formula is C20H21N3O5S. The molecule has 0 aromatic heterocycles. The summed E-state index contributed by atoms with van der Waals surface area (Å²) in [6.45, 7) is 0.742. The monoisotopic (exact) mass is 415 g/mol. The van der Waals surface area contributed by atoms with Crippen molar-refractivity contribution >= 4 is 27.2 Å². The maximum atomic E-state index is 13.2. The number of nitrogens with zero attached hydrogens (tertiary/aromatic N) is 1. The number of nitrogens with one attached hydrogen (secondary N) is 2. The molecule has 2 aromatic carbocycles. The Balaban J connectivity index is 1.78. The first-order valence-corrected chi connectivity index (χ1v) is 11.0. The Labute approximate surface area is 168 Å². The second-order valence-electron chi connectivity index (χ2n) is 7.41. The van der Waals surface area contributed by atoms with Gasteiger partial charge in [0.1, 0.15) is 5.54 Å². The van der Waals surface area contributed by atoms with Crippen LogP contribution in [0.1, 0.15) is 36.8 Å². The normalized spacial score (nSPS) is 21.4. The average Bonchev–Trinajstić information content (AvgIpc) is 3.18. The van der Waals surface area contributed by atoms with Crippen molar-refractivity contribution in [1.82, 2.24) is 4.72 Å². The number of ketones is 1. The van der Waals surface area contributed by atoms with Gasteiger partial charge in [0.15, 0.2) is 5.78 Å². The number of benzene rings is 2. The fourth-order valence-electron chi connectivity index (χ4n) is 4.21. The van der Waals surface area contributed by atoms with Crippen molar-refractivity contribution in [2.75, 3.05) is 11.9 Å². The number of hydrogen-bond acceptors (Lipinski definition) is 6. The summed E-state index contributed by atoms with van der Waals surface area (Å²) < 4.78 is 29.0. The molecule has 2 aliphatic rings. The van der Waals surface area contributed by atoms with E-state index in [1.807, 2.05) is 12.1 Å². The van der Waals surface area contributed by atoms with E-state index >= 15 is 0 Å². The van der Waals surface area contributed by atoms with E-state index in [0.717, 1.165) is 49.2 Å². The standard InChI is InChI=1S/C20H21N3O5S/c24-18-6-1-2-12-20(18,17-5-3-4-14-11-13-21-19(14)17)22-29(27,28)16-9-7-15(8-10-16)23(25)26/h3-5,7-10,21-22H,1-2,6,11-13H2. The summed E-state index contributed by atoms with van der Waals surface area (Å²) in [5.74, 6) is -0.156. The molecule has 0 radical (unpaired) electrons. The molecule has 4 rings (SSSR count). The van der Waals surface area contributed by atoms with Crippen molar-refractivity contribution in [3.63, 3.8) is 0 Å². The number of fused-ring (bicyclic) bond motifs is 1. The van der Waals surface area contributed by atoms with E-state index in [2.05, 4.69) is 10.0 Å². The summed E-state index contributed by atoms with van der Waals surface area (Å²) in [6.07, 6.45) is 2.94. The van der Waals surface area contributed by atoms with Crippen LogP contribution in [0, 0.1) is 10.1 Å². The number of anilines is 1. The molecule has 2 aromatic rings. The number of rotatable bonds is 5. The van der Waals surface area contributed by atoms with Gasteiger partial charge in [0.2, 0.25) is 10.0 Å². The van der Waals surface area contributed by atoms with Crippen molar-refractivity contribution in [2.24, 2.45) is 0 Å². The first-order chi connectivity index (χ1) is 13.8. The third-order valence-electron chi connectivity index (χ3n) is 5.65. The predicted molar refractivity (Wildman–Crippen MR) is 107 cm³/mol. The van der Waals surface area contributed by atoms with Crippen molar-refractivity contribution in [3.8, 4) is 0 Å². The van der Waals surface area contributed by atoms with E-state index in [-0.39, 0.29) is 16.4 Å². The SMILES string of the molecule is O=C1CCCCC1(NS(=O)(=O)c1ccc([N+](=O)[O-])cc1)c1cccc2c1NCC2. The molecule has 0 amide bonds. The second kappa shape index (κ2) is 7.23. The van der Waals surface area contributed by atoms with Gasteiger partial charge in [0.25, 0.3) is 5.69 Å². The van der Waals surface area contributed by atoms with Gasteiger partial charge in [-0.15, -0.1) is 0 Å². The van der Waals surface area contributed by atoms with Crippen LogP contribution in [0.25, 0.3) is 0 Å². The summed E-state index contributed by atoms with van der Waals surface area (Å²) >= 11 is 0. The minimum Gasteiger partial charge on any atom is -0.384 e. The van der Waals surface area contributed by atoms with Crippen molar-refractivity contribution in [2.45, 2.75) is 42.5 Å². The van der Waals surface area contributed by atoms with Gasteiger partial charge in [-0.1, -0.05) is 24.6 Å². The summed E-state index contributed by atoms with van der Waals surface area (Å²) in [5.41, 5.74) is 1.01. The molecule has 2 N–H and O–H groups in total. The molecule has 0 bridgehead atoms. The molecule has 1 unspecified atom stereocenters. The van der Waals surface area contributed by atoms with E-state index < -0.39 is 20.5 Å². The molecule has 152 valence electrons. The number of non-ortho nitro benzene ring substituents is 1. The highest BCUT2D eigenvalue weighted by Crippen LogP contribution is 2.42. The zero-order chi connectivity index (χ0) is 20.6. The summed E-state index contributed by atoms with van der Waals surface area (Å²) in [7, 11) is -4.08. The summed E-state index contributed by atoms with van der Waals surface area (Å²) in [4.78, 5) is 23.3. The fourth-order valence-corrected chi connectivity index (χ4v) is 5.60. The van der Waals surface area contributed by atoms with Crippen molar-refractivity contribution in [1.29, 1.82) is 0 Å². The highest BCUT2D eigenvalue weighted by Gasteiger charge is 2.46. The van der Waals surface area contributed by atoms with Crippen LogP contribution in [0.5, 0.6) is 0 Å². The van der Waals surface area contributed by atoms with Crippen LogP contribution in [0.2, 0.25) is 0 Å². The van der Waals surface area contributed by atoms with Gasteiger partial charge in [0, 0.05) is 36.3 Å². The third-order valence-corrected chi connectivity index (χ3v) is 7.16. The Morgan fingerprint density at radius 1 is 1.07 bits per heavy atom. The van der Waals surface area contributed by atoms with Gasteiger partial charge >= 0.3 is 0 Å². The third kappa shape index (κ3) is 3.40. The smallest absolute Gasteiger partial charge is 0.269 e. The number of Topliss-reactive ketones (excluding diaryl/α,β-unsaturated/α-hetero) is 1. The molecule has 0 spiro atoms. The second-order valence-corrected chi connectivity index (χ2v) is 9.09. The lowest BCUT2D eigenvalue weighted by molar-refractivity contribution is -0.384. The molecule has 1 atom stereocenters. The number of para-hydroxylation sites is 1. The van der Waals surface area contributed by atoms with Gasteiger partial charge < -0.3 is 5.32 Å². The van der Waals surface area contributed by atoms with Crippen LogP contribution in [0.4, 0.5) is 11.4 Å². The van der Waals surface area contributed by atoms with Crippen molar-refractivity contribution < 1.29 is 18.1 Å². The Morgan fingerprint density at radius 2 is 1.83 bits per heavy atom. The van der Waals surface area contributed by atoms with Gasteiger partial charge in [0.05, 0.1) is 9.82 Å². The van der Waals surface area contributed by atoms with E-state index in [1.54, 1.807) is 6.07 Å². The molecule has 1 aliphatic heterocycles. The van der Waals surface area contributed by atoms with Crippen LogP contribution in [-0.4, -0.2) is 25.7 Å². The highest BCUT2D eigenvalue weighted by molar-refractivity contribution is 7.89. The summed E-state index contributed by atoms with van der Waals surface area (Å²) in [5, 5.41) is 14.1. The molecule has 1 aliphatic carbocycles. The maximum Gasteiger partial charge on any atom is 0.269 e. The molecule has 1 saturated carbocycles. The quantitative estimate of drug-likeness (QED) is 0.573. The van der Waals surface area contributed by atoms with Crippen LogP contribution in [0.3, 0.4) is 0 Å². The van der Waals surface area contributed by atoms with E-state index in [0.29, 0.717) is 18.4 Å². The zero-order valence-corrected chi connectivity index (χ0v) is 16.5. The first kappa shape index (κ1) is 19.5. The van der Waals surface area contributed by atoms with E-state index in [1.165, 1.54) is 12.1 Å². The van der Waals surface area contributed by atoms with E-state index in [4.69, 9.17) is 0 Å². The number of carbonyl (C=O) groups is 1. The number of carbonyl (C=O) groups excluding carboxylic acids is 1. The molecule has 1 heterocycles. The van der Waals surface area contributed by atoms with Crippen LogP contribution in [0.15, 0.2) is 47.4 Å². The molecular weight excluding hydrogens is 394 g/mol. The van der Waals surface area contributed by atoms with Crippen LogP contribution in [-0.2, 0) is 26.8 Å². The lowest BCUT2D eigenvalue weighted by Crippen LogP contribution is -2.53. The molecule has 9 heteroatoms. The number of nitro benzene ring substituents is 1.